The number of likely N-dealkylation sites (tertiary alicyclic amines) is 1. The van der Waals surface area contributed by atoms with Crippen LogP contribution in [-0.2, 0) is 14.4 Å². The number of imide groups is 1. The number of hydrogen-bond acceptors (Lipinski definition) is 3. The fourth-order valence-electron chi connectivity index (χ4n) is 3.72. The van der Waals surface area contributed by atoms with Crippen LogP contribution in [0.25, 0.3) is 0 Å². The molecule has 5 heteroatoms. The molecule has 0 aromatic heterocycles. The summed E-state index contributed by atoms with van der Waals surface area (Å²) in [7, 11) is 0. The number of hydrogen-bond donors (Lipinski definition) is 1. The van der Waals surface area contributed by atoms with E-state index in [4.69, 9.17) is 5.11 Å². The van der Waals surface area contributed by atoms with Crippen molar-refractivity contribution in [1.29, 1.82) is 0 Å². The summed E-state index contributed by atoms with van der Waals surface area (Å²) in [6.07, 6.45) is 19.2. The minimum absolute atomic E-state index is 0.0122. The fourth-order valence-corrected chi connectivity index (χ4v) is 3.72. The smallest absolute Gasteiger partial charge is 0.303 e. The first-order chi connectivity index (χ1) is 13.1. The predicted octanol–water partition coefficient (Wildman–Crippen LogP) is 5.46. The molecule has 0 atom stereocenters. The highest BCUT2D eigenvalue weighted by Crippen LogP contribution is 2.15. The highest BCUT2D eigenvalue weighted by molar-refractivity contribution is 6.01. The van der Waals surface area contributed by atoms with Crippen molar-refractivity contribution < 1.29 is 19.5 Å². The molecule has 0 aliphatic carbocycles. The van der Waals surface area contributed by atoms with E-state index in [0.717, 1.165) is 25.7 Å². The molecule has 156 valence electrons. The highest BCUT2D eigenvalue weighted by Gasteiger charge is 2.27. The topological polar surface area (TPSA) is 74.7 Å². The summed E-state index contributed by atoms with van der Waals surface area (Å²) in [5, 5.41) is 8.56. The zero-order valence-electron chi connectivity index (χ0n) is 17.1. The van der Waals surface area contributed by atoms with E-state index in [1.54, 1.807) is 0 Å². The van der Waals surface area contributed by atoms with Gasteiger partial charge in [0.2, 0.25) is 11.8 Å². The van der Waals surface area contributed by atoms with Gasteiger partial charge in [-0.25, -0.2) is 0 Å². The van der Waals surface area contributed by atoms with Crippen molar-refractivity contribution in [3.63, 3.8) is 0 Å². The van der Waals surface area contributed by atoms with Gasteiger partial charge in [0.05, 0.1) is 0 Å². The molecular formula is C22H39NO4. The third kappa shape index (κ3) is 12.6. The van der Waals surface area contributed by atoms with Gasteiger partial charge >= 0.3 is 5.97 Å². The van der Waals surface area contributed by atoms with Crippen molar-refractivity contribution in [3.05, 3.63) is 0 Å². The molecule has 1 fully saturated rings. The van der Waals surface area contributed by atoms with Crippen LogP contribution < -0.4 is 0 Å². The van der Waals surface area contributed by atoms with Crippen molar-refractivity contribution in [1.82, 2.24) is 4.90 Å². The van der Waals surface area contributed by atoms with Crippen molar-refractivity contribution in [2.24, 2.45) is 0 Å². The standard InChI is InChI=1S/C22H39NO4/c24-20-17-18-21(25)23(20)19-15-13-11-9-7-5-3-1-2-4-6-8-10-12-14-16-22(26)27/h1-19H2,(H,26,27). The van der Waals surface area contributed by atoms with E-state index in [0.29, 0.717) is 25.8 Å². The van der Waals surface area contributed by atoms with Crippen LogP contribution in [0.5, 0.6) is 0 Å². The quantitative estimate of drug-likeness (QED) is 0.253. The molecular weight excluding hydrogens is 342 g/mol. The number of unbranched alkanes of at least 4 members (excludes halogenated alkanes) is 14. The SMILES string of the molecule is O=C(O)CCCCCCCCCCCCCCCCCN1C(=O)CCC1=O. The second kappa shape index (κ2) is 15.6. The van der Waals surface area contributed by atoms with Gasteiger partial charge in [0.1, 0.15) is 0 Å². The van der Waals surface area contributed by atoms with Gasteiger partial charge < -0.3 is 5.11 Å². The average molecular weight is 382 g/mol. The molecule has 0 bridgehead atoms. The van der Waals surface area contributed by atoms with E-state index in [1.807, 2.05) is 0 Å². The molecule has 1 saturated heterocycles. The molecule has 5 nitrogen and oxygen atoms in total. The predicted molar refractivity (Wildman–Crippen MR) is 107 cm³/mol. The normalized spacial score (nSPS) is 14.3. The lowest BCUT2D eigenvalue weighted by molar-refractivity contribution is -0.139. The number of carboxylic acid groups (broad SMARTS) is 1. The minimum atomic E-state index is -0.676. The molecule has 0 radical (unpaired) electrons. The van der Waals surface area contributed by atoms with E-state index in [-0.39, 0.29) is 11.8 Å². The maximum Gasteiger partial charge on any atom is 0.303 e. The van der Waals surface area contributed by atoms with Crippen LogP contribution in [-0.4, -0.2) is 34.3 Å². The van der Waals surface area contributed by atoms with Gasteiger partial charge in [-0.2, -0.15) is 0 Å². The van der Waals surface area contributed by atoms with Crippen molar-refractivity contribution in [3.8, 4) is 0 Å². The Labute approximate surface area is 164 Å². The number of carbonyl (C=O) groups excluding carboxylic acids is 2. The van der Waals surface area contributed by atoms with Crippen molar-refractivity contribution >= 4 is 17.8 Å². The Morgan fingerprint density at radius 2 is 0.963 bits per heavy atom. The molecule has 2 amide bonds. The summed E-state index contributed by atoms with van der Waals surface area (Å²) in [4.78, 5) is 34.8. The molecule has 1 rings (SSSR count). The van der Waals surface area contributed by atoms with Gasteiger partial charge in [0.15, 0.2) is 0 Å². The largest absolute Gasteiger partial charge is 0.481 e. The van der Waals surface area contributed by atoms with Gasteiger partial charge in [-0.15, -0.1) is 0 Å². The Hall–Kier alpha value is -1.39. The van der Waals surface area contributed by atoms with Gasteiger partial charge in [0.25, 0.3) is 0 Å². The van der Waals surface area contributed by atoms with Gasteiger partial charge in [0, 0.05) is 25.8 Å². The molecule has 0 aromatic rings. The number of aliphatic carboxylic acids is 1. The van der Waals surface area contributed by atoms with Crippen LogP contribution in [0, 0.1) is 0 Å². The van der Waals surface area contributed by atoms with Crippen LogP contribution >= 0.6 is 0 Å². The number of nitrogens with zero attached hydrogens (tertiary/aromatic N) is 1. The average Bonchev–Trinajstić information content (AvgIpc) is 2.95. The maximum absolute atomic E-state index is 11.5. The van der Waals surface area contributed by atoms with Crippen LogP contribution in [0.1, 0.15) is 116 Å². The van der Waals surface area contributed by atoms with Crippen LogP contribution in [0.3, 0.4) is 0 Å². The van der Waals surface area contributed by atoms with E-state index in [2.05, 4.69) is 0 Å². The summed E-state index contributed by atoms with van der Waals surface area (Å²) in [6, 6.07) is 0. The zero-order chi connectivity index (χ0) is 19.7. The number of carboxylic acids is 1. The molecule has 27 heavy (non-hydrogen) atoms. The third-order valence-electron chi connectivity index (χ3n) is 5.43. The lowest BCUT2D eigenvalue weighted by Gasteiger charge is -2.13. The third-order valence-corrected chi connectivity index (χ3v) is 5.43. The first kappa shape index (κ1) is 23.6. The molecule has 1 heterocycles. The molecule has 0 saturated carbocycles. The van der Waals surface area contributed by atoms with E-state index in [1.165, 1.54) is 75.5 Å². The highest BCUT2D eigenvalue weighted by atomic mass is 16.4. The van der Waals surface area contributed by atoms with Crippen molar-refractivity contribution in [2.75, 3.05) is 6.54 Å². The molecule has 1 N–H and O–H groups in total. The number of carbonyl (C=O) groups is 3. The van der Waals surface area contributed by atoms with E-state index >= 15 is 0 Å². The number of rotatable bonds is 18. The zero-order valence-corrected chi connectivity index (χ0v) is 17.1. The summed E-state index contributed by atoms with van der Waals surface area (Å²) in [5.74, 6) is -0.651. The Balaban J connectivity index is 1.73. The van der Waals surface area contributed by atoms with Crippen LogP contribution in [0.15, 0.2) is 0 Å². The van der Waals surface area contributed by atoms with Crippen molar-refractivity contribution in [2.45, 2.75) is 116 Å². The van der Waals surface area contributed by atoms with Crippen LogP contribution in [0.4, 0.5) is 0 Å². The first-order valence-corrected chi connectivity index (χ1v) is 11.2. The van der Waals surface area contributed by atoms with E-state index < -0.39 is 5.97 Å². The minimum Gasteiger partial charge on any atom is -0.481 e. The van der Waals surface area contributed by atoms with E-state index in [9.17, 15) is 14.4 Å². The monoisotopic (exact) mass is 381 g/mol. The van der Waals surface area contributed by atoms with Gasteiger partial charge in [-0.3, -0.25) is 19.3 Å². The summed E-state index contributed by atoms with van der Waals surface area (Å²) < 4.78 is 0. The maximum atomic E-state index is 11.5. The molecule has 0 spiro atoms. The fraction of sp³-hybridized carbons (Fsp3) is 0.864. The number of amides is 2. The van der Waals surface area contributed by atoms with Gasteiger partial charge in [-0.1, -0.05) is 83.5 Å². The lowest BCUT2D eigenvalue weighted by Crippen LogP contribution is -2.29. The Morgan fingerprint density at radius 1 is 0.630 bits per heavy atom. The summed E-state index contributed by atoms with van der Waals surface area (Å²) in [5.41, 5.74) is 0. The second-order valence-electron chi connectivity index (χ2n) is 7.89. The Bertz CT molecular complexity index is 420. The molecule has 0 aromatic carbocycles. The Morgan fingerprint density at radius 3 is 1.33 bits per heavy atom. The summed E-state index contributed by atoms with van der Waals surface area (Å²) >= 11 is 0. The molecule has 1 aliphatic rings. The second-order valence-corrected chi connectivity index (χ2v) is 7.89. The molecule has 0 unspecified atom stereocenters. The van der Waals surface area contributed by atoms with Crippen LogP contribution in [0.2, 0.25) is 0 Å². The summed E-state index contributed by atoms with van der Waals surface area (Å²) in [6.45, 7) is 0.622. The first-order valence-electron chi connectivity index (χ1n) is 11.2. The molecule has 1 aliphatic heterocycles. The van der Waals surface area contributed by atoms with Gasteiger partial charge in [-0.05, 0) is 12.8 Å². The Kier molecular flexibility index (Phi) is 13.7. The lowest BCUT2D eigenvalue weighted by atomic mass is 10.0.